The van der Waals surface area contributed by atoms with E-state index in [0.29, 0.717) is 6.04 Å². The molecule has 0 spiro atoms. The van der Waals surface area contributed by atoms with Crippen LogP contribution in [-0.2, 0) is 0 Å². The van der Waals surface area contributed by atoms with Crippen molar-refractivity contribution in [3.63, 3.8) is 0 Å². The Balaban J connectivity index is 1.87. The fraction of sp³-hybridized carbons (Fsp3) is 0.588. The summed E-state index contributed by atoms with van der Waals surface area (Å²) in [5.74, 6) is 0.894. The van der Waals surface area contributed by atoms with E-state index in [1.807, 2.05) is 18.4 Å². The molecule has 5 heteroatoms. The van der Waals surface area contributed by atoms with Crippen molar-refractivity contribution in [2.24, 2.45) is 4.99 Å². The van der Waals surface area contributed by atoms with E-state index in [4.69, 9.17) is 0 Å². The summed E-state index contributed by atoms with van der Waals surface area (Å²) in [6.07, 6.45) is 7.91. The predicted octanol–water partition coefficient (Wildman–Crippen LogP) is 3.02. The second-order valence-corrected chi connectivity index (χ2v) is 6.49. The van der Waals surface area contributed by atoms with Crippen molar-refractivity contribution < 1.29 is 0 Å². The number of likely N-dealkylation sites (tertiary alicyclic amines) is 1. The highest BCUT2D eigenvalue weighted by Crippen LogP contribution is 2.27. The van der Waals surface area contributed by atoms with Gasteiger partial charge in [-0.2, -0.15) is 0 Å². The van der Waals surface area contributed by atoms with Crippen LogP contribution in [0.25, 0.3) is 0 Å². The zero-order chi connectivity index (χ0) is 15.6. The summed E-state index contributed by atoms with van der Waals surface area (Å²) in [5, 5.41) is 9.03. The smallest absolute Gasteiger partial charge is 0.191 e. The maximum Gasteiger partial charge on any atom is 0.191 e. The molecule has 2 rings (SSSR count). The number of hydrogen-bond acceptors (Lipinski definition) is 3. The van der Waals surface area contributed by atoms with E-state index in [1.54, 1.807) is 0 Å². The molecule has 1 aromatic rings. The standard InChI is InChI=1S/C17H28N4S/c1-3-4-5-10-19-17(18-2)20-14-15(16-9-8-13-22-16)21-11-6-7-12-21/h3-4,8-9,13,15H,5-7,10-12,14H2,1-2H3,(H2,18,19,20). The molecule has 1 unspecified atom stereocenters. The van der Waals surface area contributed by atoms with Gasteiger partial charge in [-0.05, 0) is 50.7 Å². The summed E-state index contributed by atoms with van der Waals surface area (Å²) in [5.41, 5.74) is 0. The molecule has 22 heavy (non-hydrogen) atoms. The Morgan fingerprint density at radius 1 is 1.41 bits per heavy atom. The fourth-order valence-electron chi connectivity index (χ4n) is 2.80. The monoisotopic (exact) mass is 320 g/mol. The molecule has 0 aromatic carbocycles. The van der Waals surface area contributed by atoms with Gasteiger partial charge in [-0.25, -0.2) is 0 Å². The average molecular weight is 321 g/mol. The van der Waals surface area contributed by atoms with E-state index in [0.717, 1.165) is 25.5 Å². The van der Waals surface area contributed by atoms with Gasteiger partial charge in [0.05, 0.1) is 6.04 Å². The Bertz CT molecular complexity index is 461. The number of rotatable bonds is 7. The van der Waals surface area contributed by atoms with E-state index < -0.39 is 0 Å². The molecule has 0 saturated carbocycles. The third-order valence-corrected chi connectivity index (χ3v) is 4.95. The van der Waals surface area contributed by atoms with E-state index in [2.05, 4.69) is 57.1 Å². The highest BCUT2D eigenvalue weighted by molar-refractivity contribution is 7.10. The number of allylic oxidation sites excluding steroid dienone is 1. The van der Waals surface area contributed by atoms with Crippen LogP contribution in [0.15, 0.2) is 34.7 Å². The van der Waals surface area contributed by atoms with Crippen molar-refractivity contribution in [3.8, 4) is 0 Å². The van der Waals surface area contributed by atoms with Crippen molar-refractivity contribution in [2.45, 2.75) is 32.2 Å². The van der Waals surface area contributed by atoms with Crippen molar-refractivity contribution in [2.75, 3.05) is 33.2 Å². The summed E-state index contributed by atoms with van der Waals surface area (Å²) in [6.45, 7) is 6.28. The van der Waals surface area contributed by atoms with Gasteiger partial charge in [0.2, 0.25) is 0 Å². The first-order valence-electron chi connectivity index (χ1n) is 8.18. The molecule has 1 aliphatic heterocycles. The molecule has 0 aliphatic carbocycles. The third-order valence-electron chi connectivity index (χ3n) is 3.98. The lowest BCUT2D eigenvalue weighted by atomic mass is 10.2. The van der Waals surface area contributed by atoms with Crippen LogP contribution in [0, 0.1) is 0 Å². The minimum absolute atomic E-state index is 0.455. The van der Waals surface area contributed by atoms with Gasteiger partial charge in [-0.1, -0.05) is 18.2 Å². The van der Waals surface area contributed by atoms with Crippen LogP contribution in [-0.4, -0.2) is 44.1 Å². The van der Waals surface area contributed by atoms with Gasteiger partial charge in [-0.15, -0.1) is 11.3 Å². The minimum atomic E-state index is 0.455. The van der Waals surface area contributed by atoms with Crippen molar-refractivity contribution in [1.82, 2.24) is 15.5 Å². The molecule has 1 fully saturated rings. The molecule has 1 aliphatic rings. The number of aliphatic imine (C=N–C) groups is 1. The Morgan fingerprint density at radius 2 is 2.23 bits per heavy atom. The number of guanidine groups is 1. The molecule has 1 aromatic heterocycles. The molecular formula is C17H28N4S. The van der Waals surface area contributed by atoms with Crippen LogP contribution in [0.2, 0.25) is 0 Å². The lowest BCUT2D eigenvalue weighted by molar-refractivity contribution is 0.249. The zero-order valence-corrected chi connectivity index (χ0v) is 14.5. The number of nitrogens with one attached hydrogen (secondary N) is 2. The molecule has 0 amide bonds. The number of nitrogens with zero attached hydrogens (tertiary/aromatic N) is 2. The van der Waals surface area contributed by atoms with Gasteiger partial charge in [0.1, 0.15) is 0 Å². The van der Waals surface area contributed by atoms with E-state index >= 15 is 0 Å². The fourth-order valence-corrected chi connectivity index (χ4v) is 3.66. The first-order valence-corrected chi connectivity index (χ1v) is 9.06. The van der Waals surface area contributed by atoms with E-state index in [1.165, 1.54) is 30.8 Å². The van der Waals surface area contributed by atoms with E-state index in [9.17, 15) is 0 Å². The second-order valence-electron chi connectivity index (χ2n) is 5.51. The van der Waals surface area contributed by atoms with Crippen LogP contribution < -0.4 is 10.6 Å². The second kappa shape index (κ2) is 9.64. The molecule has 2 heterocycles. The van der Waals surface area contributed by atoms with Gasteiger partial charge in [0.25, 0.3) is 0 Å². The lowest BCUT2D eigenvalue weighted by Crippen LogP contribution is -2.42. The van der Waals surface area contributed by atoms with Gasteiger partial charge < -0.3 is 10.6 Å². The topological polar surface area (TPSA) is 39.7 Å². The maximum atomic E-state index is 4.32. The highest BCUT2D eigenvalue weighted by atomic mass is 32.1. The normalized spacial score (nSPS) is 18.0. The van der Waals surface area contributed by atoms with Gasteiger partial charge in [-0.3, -0.25) is 9.89 Å². The SMILES string of the molecule is CC=CCCNC(=NC)NCC(c1cccs1)N1CCCC1. The quantitative estimate of drug-likeness (QED) is 0.351. The summed E-state index contributed by atoms with van der Waals surface area (Å²) in [4.78, 5) is 8.35. The van der Waals surface area contributed by atoms with Gasteiger partial charge >= 0.3 is 0 Å². The van der Waals surface area contributed by atoms with Crippen LogP contribution in [0.1, 0.15) is 37.1 Å². The van der Waals surface area contributed by atoms with Crippen LogP contribution in [0.5, 0.6) is 0 Å². The van der Waals surface area contributed by atoms with Crippen LogP contribution >= 0.6 is 11.3 Å². The van der Waals surface area contributed by atoms with Crippen LogP contribution in [0.4, 0.5) is 0 Å². The molecule has 122 valence electrons. The summed E-state index contributed by atoms with van der Waals surface area (Å²) in [7, 11) is 1.83. The Morgan fingerprint density at radius 3 is 2.86 bits per heavy atom. The van der Waals surface area contributed by atoms with Gasteiger partial charge in [0, 0.05) is 25.0 Å². The molecule has 2 N–H and O–H groups in total. The summed E-state index contributed by atoms with van der Waals surface area (Å²) >= 11 is 1.85. The first kappa shape index (κ1) is 17.0. The maximum absolute atomic E-state index is 4.32. The Kier molecular flexibility index (Phi) is 7.46. The van der Waals surface area contributed by atoms with E-state index in [-0.39, 0.29) is 0 Å². The zero-order valence-electron chi connectivity index (χ0n) is 13.7. The molecule has 4 nitrogen and oxygen atoms in total. The van der Waals surface area contributed by atoms with Crippen molar-refractivity contribution >= 4 is 17.3 Å². The third kappa shape index (κ3) is 5.14. The lowest BCUT2D eigenvalue weighted by Gasteiger charge is -2.27. The van der Waals surface area contributed by atoms with Crippen LogP contribution in [0.3, 0.4) is 0 Å². The average Bonchev–Trinajstić information content (AvgIpc) is 3.23. The Labute approximate surface area is 138 Å². The molecule has 1 saturated heterocycles. The minimum Gasteiger partial charge on any atom is -0.356 e. The summed E-state index contributed by atoms with van der Waals surface area (Å²) < 4.78 is 0. The predicted molar refractivity (Wildman–Crippen MR) is 96.7 cm³/mol. The molecule has 1 atom stereocenters. The Hall–Kier alpha value is -1.33. The first-order chi connectivity index (χ1) is 10.8. The molecule has 0 radical (unpaired) electrons. The number of thiophene rings is 1. The van der Waals surface area contributed by atoms with Crippen molar-refractivity contribution in [1.29, 1.82) is 0 Å². The summed E-state index contributed by atoms with van der Waals surface area (Å²) in [6, 6.07) is 4.85. The largest absolute Gasteiger partial charge is 0.356 e. The molecule has 0 bridgehead atoms. The number of hydrogen-bond donors (Lipinski definition) is 2. The molecular weight excluding hydrogens is 292 g/mol. The highest BCUT2D eigenvalue weighted by Gasteiger charge is 2.24. The van der Waals surface area contributed by atoms with Gasteiger partial charge in [0.15, 0.2) is 5.96 Å². The van der Waals surface area contributed by atoms with Crippen molar-refractivity contribution in [3.05, 3.63) is 34.5 Å².